The largest absolute Gasteiger partial charge is 0.497 e. The molecule has 1 aromatic rings. The Morgan fingerprint density at radius 2 is 1.96 bits per heavy atom. The van der Waals surface area contributed by atoms with Gasteiger partial charge in [-0.1, -0.05) is 12.1 Å². The molecular formula is C18H22N2O3. The van der Waals surface area contributed by atoms with Crippen LogP contribution in [0.4, 0.5) is 0 Å². The summed E-state index contributed by atoms with van der Waals surface area (Å²) in [4.78, 5) is 12.4. The van der Waals surface area contributed by atoms with Gasteiger partial charge >= 0.3 is 0 Å². The molecule has 1 heterocycles. The summed E-state index contributed by atoms with van der Waals surface area (Å²) < 4.78 is 5.22. The van der Waals surface area contributed by atoms with E-state index in [2.05, 4.69) is 10.2 Å². The number of rotatable bonds is 3. The molecule has 0 aromatic heterocycles. The predicted octanol–water partition coefficient (Wildman–Crippen LogP) is 2.59. The lowest BCUT2D eigenvalue weighted by atomic mass is 9.59. The standard InChI is InChI=1S/C18H22N2O3/c1-10-15-14(20-19-10)9-18(3,22)17(11(2)21)16(15)12-5-7-13(23-4)8-6-12/h5-8,15-17,22H,9H2,1-4H3/t15-,16-,17-,18+/m1/s1. The van der Waals surface area contributed by atoms with Crippen molar-refractivity contribution in [3.63, 3.8) is 0 Å². The van der Waals surface area contributed by atoms with Crippen LogP contribution >= 0.6 is 0 Å². The number of ketones is 1. The van der Waals surface area contributed by atoms with Crippen LogP contribution in [0.1, 0.15) is 38.7 Å². The van der Waals surface area contributed by atoms with E-state index in [9.17, 15) is 9.90 Å². The summed E-state index contributed by atoms with van der Waals surface area (Å²) in [6.45, 7) is 5.22. The fraction of sp³-hybridized carbons (Fsp3) is 0.500. The molecule has 1 aromatic carbocycles. The third kappa shape index (κ3) is 2.59. The van der Waals surface area contributed by atoms with E-state index in [-0.39, 0.29) is 17.6 Å². The Hall–Kier alpha value is -2.01. The first kappa shape index (κ1) is 15.9. The first-order chi connectivity index (χ1) is 10.8. The van der Waals surface area contributed by atoms with Crippen LogP contribution in [-0.2, 0) is 4.79 Å². The summed E-state index contributed by atoms with van der Waals surface area (Å²) >= 11 is 0. The molecule has 0 amide bonds. The topological polar surface area (TPSA) is 71.2 Å². The molecule has 3 rings (SSSR count). The second kappa shape index (κ2) is 5.57. The Kier molecular flexibility index (Phi) is 3.84. The van der Waals surface area contributed by atoms with Crippen LogP contribution in [0.3, 0.4) is 0 Å². The van der Waals surface area contributed by atoms with Crippen molar-refractivity contribution in [3.8, 4) is 5.75 Å². The molecule has 2 aliphatic rings. The number of fused-ring (bicyclic) bond motifs is 1. The van der Waals surface area contributed by atoms with E-state index < -0.39 is 11.5 Å². The average Bonchev–Trinajstić information content (AvgIpc) is 2.85. The highest BCUT2D eigenvalue weighted by atomic mass is 16.5. The second-order valence-corrected chi connectivity index (χ2v) is 6.73. The van der Waals surface area contributed by atoms with Crippen LogP contribution in [0.15, 0.2) is 34.5 Å². The number of carbonyl (C=O) groups is 1. The molecule has 0 bridgehead atoms. The lowest BCUT2D eigenvalue weighted by Gasteiger charge is -2.45. The first-order valence-electron chi connectivity index (χ1n) is 7.83. The van der Waals surface area contributed by atoms with Crippen LogP contribution in [0.2, 0.25) is 0 Å². The van der Waals surface area contributed by atoms with Gasteiger partial charge in [0, 0.05) is 24.0 Å². The quantitative estimate of drug-likeness (QED) is 0.932. The normalized spacial score (nSPS) is 32.8. The zero-order valence-electron chi connectivity index (χ0n) is 13.9. The van der Waals surface area contributed by atoms with E-state index in [1.807, 2.05) is 31.2 Å². The van der Waals surface area contributed by atoms with E-state index in [0.717, 1.165) is 22.7 Å². The van der Waals surface area contributed by atoms with E-state index in [0.29, 0.717) is 6.42 Å². The van der Waals surface area contributed by atoms with Gasteiger partial charge in [-0.25, -0.2) is 0 Å². The molecular weight excluding hydrogens is 292 g/mol. The minimum absolute atomic E-state index is 0.00503. The van der Waals surface area contributed by atoms with Crippen molar-refractivity contribution < 1.29 is 14.6 Å². The molecule has 5 heteroatoms. The number of ether oxygens (including phenoxy) is 1. The van der Waals surface area contributed by atoms with Gasteiger partial charge in [-0.05, 0) is 38.5 Å². The van der Waals surface area contributed by atoms with Crippen LogP contribution in [0, 0.1) is 11.8 Å². The highest BCUT2D eigenvalue weighted by molar-refractivity contribution is 6.12. The number of nitrogens with zero attached hydrogens (tertiary/aromatic N) is 2. The average molecular weight is 314 g/mol. The minimum atomic E-state index is -1.12. The molecule has 0 radical (unpaired) electrons. The van der Waals surface area contributed by atoms with Crippen molar-refractivity contribution >= 4 is 17.2 Å². The Bertz CT molecular complexity index is 689. The lowest BCUT2D eigenvalue weighted by Crippen LogP contribution is -2.53. The first-order valence-corrected chi connectivity index (χ1v) is 7.83. The number of hydrogen-bond acceptors (Lipinski definition) is 5. The minimum Gasteiger partial charge on any atom is -0.497 e. The van der Waals surface area contributed by atoms with Gasteiger partial charge in [0.2, 0.25) is 0 Å². The summed E-state index contributed by atoms with van der Waals surface area (Å²) in [5.41, 5.74) is 1.65. The zero-order valence-corrected chi connectivity index (χ0v) is 13.9. The van der Waals surface area contributed by atoms with Crippen LogP contribution in [0.25, 0.3) is 0 Å². The molecule has 1 aliphatic heterocycles. The summed E-state index contributed by atoms with van der Waals surface area (Å²) in [6, 6.07) is 7.69. The predicted molar refractivity (Wildman–Crippen MR) is 89.2 cm³/mol. The molecule has 23 heavy (non-hydrogen) atoms. The van der Waals surface area contributed by atoms with Crippen LogP contribution in [-0.4, -0.2) is 35.0 Å². The molecule has 0 saturated heterocycles. The van der Waals surface area contributed by atoms with Gasteiger partial charge in [0.15, 0.2) is 0 Å². The van der Waals surface area contributed by atoms with Gasteiger partial charge in [0.05, 0.1) is 24.3 Å². The van der Waals surface area contributed by atoms with Crippen molar-refractivity contribution in [2.45, 2.75) is 38.7 Å². The van der Waals surface area contributed by atoms with Gasteiger partial charge in [0.1, 0.15) is 11.5 Å². The van der Waals surface area contributed by atoms with E-state index >= 15 is 0 Å². The van der Waals surface area contributed by atoms with Gasteiger partial charge in [-0.2, -0.15) is 10.2 Å². The number of Topliss-reactive ketones (excluding diaryl/α,β-unsaturated/α-hetero) is 1. The molecule has 1 saturated carbocycles. The summed E-state index contributed by atoms with van der Waals surface area (Å²) in [6.07, 6.45) is 0.384. The van der Waals surface area contributed by atoms with Gasteiger partial charge in [-0.3, -0.25) is 4.79 Å². The molecule has 5 nitrogen and oxygen atoms in total. The highest BCUT2D eigenvalue weighted by Crippen LogP contribution is 2.48. The number of methoxy groups -OCH3 is 1. The van der Waals surface area contributed by atoms with Crippen LogP contribution < -0.4 is 4.74 Å². The Balaban J connectivity index is 2.11. The van der Waals surface area contributed by atoms with Gasteiger partial charge < -0.3 is 9.84 Å². The zero-order chi connectivity index (χ0) is 16.8. The van der Waals surface area contributed by atoms with Crippen molar-refractivity contribution in [1.29, 1.82) is 0 Å². The summed E-state index contributed by atoms with van der Waals surface area (Å²) in [5, 5.41) is 19.3. The van der Waals surface area contributed by atoms with Crippen LogP contribution in [0.5, 0.6) is 5.75 Å². The van der Waals surface area contributed by atoms with Gasteiger partial charge in [-0.15, -0.1) is 0 Å². The number of aliphatic hydroxyl groups is 1. The summed E-state index contributed by atoms with van der Waals surface area (Å²) in [7, 11) is 1.62. The SMILES string of the molecule is COc1ccc([C@@H]2[C@@H]3C(C)=NN=C3C[C@](C)(O)[C@@H]2C(C)=O)cc1. The molecule has 1 N–H and O–H groups in total. The highest BCUT2D eigenvalue weighted by Gasteiger charge is 2.53. The fourth-order valence-corrected chi connectivity index (χ4v) is 4.08. The van der Waals surface area contributed by atoms with Crippen molar-refractivity contribution in [2.75, 3.05) is 7.11 Å². The van der Waals surface area contributed by atoms with E-state index in [1.165, 1.54) is 0 Å². The van der Waals surface area contributed by atoms with Crippen molar-refractivity contribution in [1.82, 2.24) is 0 Å². The third-order valence-corrected chi connectivity index (χ3v) is 5.01. The second-order valence-electron chi connectivity index (χ2n) is 6.73. The number of benzene rings is 1. The van der Waals surface area contributed by atoms with Crippen molar-refractivity contribution in [3.05, 3.63) is 29.8 Å². The number of hydrogen-bond donors (Lipinski definition) is 1. The van der Waals surface area contributed by atoms with Gasteiger partial charge in [0.25, 0.3) is 0 Å². The van der Waals surface area contributed by atoms with Crippen molar-refractivity contribution in [2.24, 2.45) is 22.0 Å². The molecule has 0 spiro atoms. The monoisotopic (exact) mass is 314 g/mol. The maximum atomic E-state index is 12.4. The maximum Gasteiger partial charge on any atom is 0.136 e. The molecule has 122 valence electrons. The molecule has 0 unspecified atom stereocenters. The smallest absolute Gasteiger partial charge is 0.136 e. The lowest BCUT2D eigenvalue weighted by molar-refractivity contribution is -0.131. The molecule has 1 aliphatic carbocycles. The summed E-state index contributed by atoms with van der Waals surface area (Å²) in [5.74, 6) is 0.101. The molecule has 1 fully saturated rings. The Labute approximate surface area is 136 Å². The van der Waals surface area contributed by atoms with E-state index in [1.54, 1.807) is 21.0 Å². The third-order valence-electron chi connectivity index (χ3n) is 5.01. The fourth-order valence-electron chi connectivity index (χ4n) is 4.08. The van der Waals surface area contributed by atoms with E-state index in [4.69, 9.17) is 4.74 Å². The Morgan fingerprint density at radius 1 is 1.30 bits per heavy atom. The molecule has 4 atom stereocenters. The number of carbonyl (C=O) groups excluding carboxylic acids is 1. The maximum absolute atomic E-state index is 12.4. The Morgan fingerprint density at radius 3 is 2.52 bits per heavy atom.